The molecule has 20 heavy (non-hydrogen) atoms. The Morgan fingerprint density at radius 1 is 0.700 bits per heavy atom. The largest absolute Gasteiger partial charge is 0.394 e. The lowest BCUT2D eigenvalue weighted by atomic mass is 10.4. The Hall–Kier alpha value is -0.280. The van der Waals surface area contributed by atoms with Crippen molar-refractivity contribution in [2.75, 3.05) is 80.3 Å². The highest BCUT2D eigenvalue weighted by atomic mass is 16.6. The first-order chi connectivity index (χ1) is 9.85. The topological polar surface area (TPSA) is 75.6 Å². The van der Waals surface area contributed by atoms with Crippen molar-refractivity contribution in [2.24, 2.45) is 0 Å². The summed E-state index contributed by atoms with van der Waals surface area (Å²) >= 11 is 0. The molecule has 7 heteroatoms. The molecule has 1 N–H and O–H groups in total. The molecule has 0 radical (unpaired) electrons. The van der Waals surface area contributed by atoms with E-state index in [-0.39, 0.29) is 12.7 Å². The highest BCUT2D eigenvalue weighted by Crippen LogP contribution is 1.93. The Labute approximate surface area is 121 Å². The average Bonchev–Trinajstić information content (AvgIpc) is 2.47. The van der Waals surface area contributed by atoms with Crippen LogP contribution in [0.1, 0.15) is 0 Å². The fraction of sp³-hybridized carbons (Fsp3) is 1.00. The fourth-order valence-corrected chi connectivity index (χ4v) is 1.25. The third kappa shape index (κ3) is 14.1. The van der Waals surface area contributed by atoms with Crippen LogP contribution in [0.15, 0.2) is 0 Å². The fourth-order valence-electron chi connectivity index (χ4n) is 1.25. The van der Waals surface area contributed by atoms with Gasteiger partial charge in [0, 0.05) is 14.2 Å². The maximum Gasteiger partial charge on any atom is 0.104 e. The van der Waals surface area contributed by atoms with Crippen LogP contribution >= 0.6 is 0 Å². The van der Waals surface area contributed by atoms with Crippen LogP contribution in [0.5, 0.6) is 0 Å². The van der Waals surface area contributed by atoms with E-state index in [0.717, 1.165) is 0 Å². The van der Waals surface area contributed by atoms with Crippen LogP contribution in [0.25, 0.3) is 0 Å². The smallest absolute Gasteiger partial charge is 0.104 e. The molecule has 0 fully saturated rings. The molecule has 122 valence electrons. The number of aliphatic hydroxyl groups is 1. The van der Waals surface area contributed by atoms with Crippen LogP contribution in [0, 0.1) is 0 Å². The van der Waals surface area contributed by atoms with E-state index < -0.39 is 0 Å². The van der Waals surface area contributed by atoms with Gasteiger partial charge in [0.2, 0.25) is 0 Å². The summed E-state index contributed by atoms with van der Waals surface area (Å²) in [7, 11) is 3.25. The van der Waals surface area contributed by atoms with Crippen molar-refractivity contribution >= 4 is 0 Å². The minimum absolute atomic E-state index is 0.0808. The molecule has 0 spiro atoms. The van der Waals surface area contributed by atoms with E-state index in [1.807, 2.05) is 0 Å². The molecule has 0 rings (SSSR count). The van der Waals surface area contributed by atoms with Gasteiger partial charge in [0.05, 0.1) is 66.1 Å². The SMILES string of the molecule is COCCOCCOCC(CO)OCCOCCOC. The standard InChI is InChI=1S/C13H28O7/c1-15-3-5-17-7-8-19-12-13(11-14)20-10-9-18-6-4-16-2/h13-14H,3-12H2,1-2H3. The lowest BCUT2D eigenvalue weighted by molar-refractivity contribution is -0.0688. The van der Waals surface area contributed by atoms with E-state index in [0.29, 0.717) is 59.5 Å². The number of ether oxygens (including phenoxy) is 6. The maximum atomic E-state index is 9.13. The van der Waals surface area contributed by atoms with Crippen molar-refractivity contribution in [3.05, 3.63) is 0 Å². The van der Waals surface area contributed by atoms with Crippen molar-refractivity contribution in [3.8, 4) is 0 Å². The third-order valence-electron chi connectivity index (χ3n) is 2.32. The summed E-state index contributed by atoms with van der Waals surface area (Å²) in [6, 6.07) is 0. The van der Waals surface area contributed by atoms with Gasteiger partial charge < -0.3 is 33.5 Å². The summed E-state index contributed by atoms with van der Waals surface area (Å²) in [4.78, 5) is 0. The monoisotopic (exact) mass is 296 g/mol. The molecule has 7 nitrogen and oxygen atoms in total. The zero-order chi connectivity index (χ0) is 14.9. The van der Waals surface area contributed by atoms with Crippen molar-refractivity contribution in [2.45, 2.75) is 6.10 Å². The van der Waals surface area contributed by atoms with Gasteiger partial charge in [-0.15, -0.1) is 0 Å². The molecule has 0 aliphatic carbocycles. The van der Waals surface area contributed by atoms with Crippen LogP contribution in [-0.4, -0.2) is 91.5 Å². The van der Waals surface area contributed by atoms with Gasteiger partial charge in [-0.2, -0.15) is 0 Å². The molecule has 0 saturated heterocycles. The Morgan fingerprint density at radius 3 is 1.75 bits per heavy atom. The van der Waals surface area contributed by atoms with Crippen molar-refractivity contribution in [1.29, 1.82) is 0 Å². The van der Waals surface area contributed by atoms with E-state index >= 15 is 0 Å². The predicted octanol–water partition coefficient (Wildman–Crippen LogP) is -0.293. The second-order valence-corrected chi connectivity index (χ2v) is 3.96. The Bertz CT molecular complexity index is 180. The number of hydrogen-bond acceptors (Lipinski definition) is 7. The van der Waals surface area contributed by atoms with Gasteiger partial charge in [-0.3, -0.25) is 0 Å². The molecule has 0 amide bonds. The highest BCUT2D eigenvalue weighted by Gasteiger charge is 2.07. The molecule has 0 aliphatic rings. The number of methoxy groups -OCH3 is 2. The maximum absolute atomic E-state index is 9.13. The van der Waals surface area contributed by atoms with Gasteiger partial charge in [-0.1, -0.05) is 0 Å². The van der Waals surface area contributed by atoms with Crippen LogP contribution in [0.2, 0.25) is 0 Å². The van der Waals surface area contributed by atoms with E-state index in [1.165, 1.54) is 0 Å². The zero-order valence-corrected chi connectivity index (χ0v) is 12.5. The molecule has 0 aromatic rings. The summed E-state index contributed by atoms with van der Waals surface area (Å²) in [5.74, 6) is 0. The zero-order valence-electron chi connectivity index (χ0n) is 12.5. The quantitative estimate of drug-likeness (QED) is 0.392. The summed E-state index contributed by atoms with van der Waals surface area (Å²) < 4.78 is 30.9. The van der Waals surface area contributed by atoms with Crippen molar-refractivity contribution in [1.82, 2.24) is 0 Å². The molecule has 0 saturated carbocycles. The molecule has 0 bridgehead atoms. The second-order valence-electron chi connectivity index (χ2n) is 3.96. The molecule has 0 aromatic heterocycles. The minimum atomic E-state index is -0.333. The number of rotatable bonds is 16. The summed E-state index contributed by atoms with van der Waals surface area (Å²) in [5.41, 5.74) is 0. The van der Waals surface area contributed by atoms with Gasteiger partial charge in [0.15, 0.2) is 0 Å². The van der Waals surface area contributed by atoms with Gasteiger partial charge >= 0.3 is 0 Å². The van der Waals surface area contributed by atoms with Crippen LogP contribution in [0.4, 0.5) is 0 Å². The second kappa shape index (κ2) is 16.8. The molecule has 0 aromatic carbocycles. The first kappa shape index (κ1) is 19.7. The van der Waals surface area contributed by atoms with E-state index in [9.17, 15) is 0 Å². The van der Waals surface area contributed by atoms with Crippen molar-refractivity contribution < 1.29 is 33.5 Å². The molecular formula is C13H28O7. The summed E-state index contributed by atoms with van der Waals surface area (Å²) in [6.45, 7) is 4.35. The van der Waals surface area contributed by atoms with Gasteiger partial charge in [0.1, 0.15) is 6.10 Å². The first-order valence-electron chi connectivity index (χ1n) is 6.78. The predicted molar refractivity (Wildman–Crippen MR) is 73.0 cm³/mol. The van der Waals surface area contributed by atoms with Crippen LogP contribution < -0.4 is 0 Å². The lowest BCUT2D eigenvalue weighted by Crippen LogP contribution is -2.26. The molecule has 1 unspecified atom stereocenters. The Morgan fingerprint density at radius 2 is 1.20 bits per heavy atom. The van der Waals surface area contributed by atoms with Gasteiger partial charge in [-0.25, -0.2) is 0 Å². The highest BCUT2D eigenvalue weighted by molar-refractivity contribution is 4.53. The molecular weight excluding hydrogens is 268 g/mol. The first-order valence-corrected chi connectivity index (χ1v) is 6.78. The van der Waals surface area contributed by atoms with Crippen LogP contribution in [0.3, 0.4) is 0 Å². The molecule has 0 heterocycles. The third-order valence-corrected chi connectivity index (χ3v) is 2.32. The van der Waals surface area contributed by atoms with E-state index in [1.54, 1.807) is 14.2 Å². The number of aliphatic hydroxyl groups excluding tert-OH is 1. The Kier molecular flexibility index (Phi) is 16.5. The number of hydrogen-bond donors (Lipinski definition) is 1. The Balaban J connectivity index is 3.29. The summed E-state index contributed by atoms with van der Waals surface area (Å²) in [5, 5.41) is 9.13. The normalized spacial score (nSPS) is 12.8. The van der Waals surface area contributed by atoms with Crippen LogP contribution in [-0.2, 0) is 28.4 Å². The lowest BCUT2D eigenvalue weighted by Gasteiger charge is -2.15. The molecule has 0 aliphatic heterocycles. The molecule has 1 atom stereocenters. The van der Waals surface area contributed by atoms with E-state index in [2.05, 4.69) is 0 Å². The summed E-state index contributed by atoms with van der Waals surface area (Å²) in [6.07, 6.45) is -0.333. The van der Waals surface area contributed by atoms with Gasteiger partial charge in [-0.05, 0) is 0 Å². The minimum Gasteiger partial charge on any atom is -0.394 e. The van der Waals surface area contributed by atoms with Crippen molar-refractivity contribution in [3.63, 3.8) is 0 Å². The van der Waals surface area contributed by atoms with E-state index in [4.69, 9.17) is 33.5 Å². The average molecular weight is 296 g/mol. The van der Waals surface area contributed by atoms with Gasteiger partial charge in [0.25, 0.3) is 0 Å².